The van der Waals surface area contributed by atoms with E-state index in [1.807, 2.05) is 24.3 Å². The Morgan fingerprint density at radius 1 is 1.23 bits per heavy atom. The van der Waals surface area contributed by atoms with Gasteiger partial charge in [-0.25, -0.2) is 4.39 Å². The van der Waals surface area contributed by atoms with E-state index in [0.717, 1.165) is 41.1 Å². The number of thioether (sulfide) groups is 1. The topological polar surface area (TPSA) is 79.7 Å². The zero-order valence-electron chi connectivity index (χ0n) is 19.7. The van der Waals surface area contributed by atoms with Crippen LogP contribution in [0.3, 0.4) is 0 Å². The molecule has 6 nitrogen and oxygen atoms in total. The molecule has 1 fully saturated rings. The predicted octanol–water partition coefficient (Wildman–Crippen LogP) is 5.16. The first-order chi connectivity index (χ1) is 16.9. The molecule has 1 saturated heterocycles. The molecule has 1 aromatic heterocycles. The van der Waals surface area contributed by atoms with Crippen LogP contribution in [0.2, 0.25) is 0 Å². The number of benzene rings is 2. The van der Waals surface area contributed by atoms with Crippen molar-refractivity contribution in [3.8, 4) is 5.75 Å². The number of pyridine rings is 1. The molecule has 0 saturated carbocycles. The third-order valence-corrected chi connectivity index (χ3v) is 7.59. The lowest BCUT2D eigenvalue weighted by Gasteiger charge is -2.36. The lowest BCUT2D eigenvalue weighted by atomic mass is 9.81. The highest BCUT2D eigenvalue weighted by molar-refractivity contribution is 7.99. The Labute approximate surface area is 208 Å². The molecule has 0 spiro atoms. The molecule has 1 aliphatic heterocycles. The number of nitrogens with zero attached hydrogens (tertiary/aromatic N) is 2. The Hall–Kier alpha value is -2.97. The predicted molar refractivity (Wildman–Crippen MR) is 135 cm³/mol. The van der Waals surface area contributed by atoms with Gasteiger partial charge in [0.2, 0.25) is 0 Å². The number of ketones is 1. The Balaban J connectivity index is 1.33. The molecular formula is C27H29FN2O4S. The van der Waals surface area contributed by atoms with E-state index in [4.69, 9.17) is 4.74 Å². The van der Waals surface area contributed by atoms with Crippen molar-refractivity contribution in [1.82, 2.24) is 9.88 Å². The summed E-state index contributed by atoms with van der Waals surface area (Å²) in [6.07, 6.45) is 3.19. The number of ether oxygens (including phenoxy) is 1. The minimum absolute atomic E-state index is 0.0104. The van der Waals surface area contributed by atoms with Gasteiger partial charge in [-0.15, -0.1) is 11.8 Å². The van der Waals surface area contributed by atoms with E-state index in [1.54, 1.807) is 37.2 Å². The van der Waals surface area contributed by atoms with Gasteiger partial charge in [0.15, 0.2) is 5.78 Å². The van der Waals surface area contributed by atoms with Crippen LogP contribution in [-0.2, 0) is 4.79 Å². The monoisotopic (exact) mass is 496 g/mol. The number of carboxylic acid groups (broad SMARTS) is 1. The quantitative estimate of drug-likeness (QED) is 0.307. The van der Waals surface area contributed by atoms with Crippen molar-refractivity contribution in [3.05, 3.63) is 66.1 Å². The zero-order chi connectivity index (χ0) is 24.8. The molecule has 2 atom stereocenters. The maximum absolute atomic E-state index is 13.4. The fraction of sp³-hybridized carbons (Fsp3) is 0.370. The van der Waals surface area contributed by atoms with Gasteiger partial charge in [0.25, 0.3) is 0 Å². The van der Waals surface area contributed by atoms with Gasteiger partial charge in [0, 0.05) is 47.3 Å². The molecule has 35 heavy (non-hydrogen) atoms. The number of likely N-dealkylation sites (tertiary alicyclic amines) is 1. The Morgan fingerprint density at radius 2 is 2.09 bits per heavy atom. The average molecular weight is 497 g/mol. The maximum atomic E-state index is 13.4. The zero-order valence-corrected chi connectivity index (χ0v) is 20.5. The van der Waals surface area contributed by atoms with Crippen LogP contribution in [0.4, 0.5) is 4.39 Å². The van der Waals surface area contributed by atoms with Crippen molar-refractivity contribution in [2.24, 2.45) is 11.8 Å². The largest absolute Gasteiger partial charge is 0.497 e. The van der Waals surface area contributed by atoms with Crippen LogP contribution in [0, 0.1) is 17.7 Å². The summed E-state index contributed by atoms with van der Waals surface area (Å²) < 4.78 is 18.7. The van der Waals surface area contributed by atoms with Gasteiger partial charge in [0.1, 0.15) is 11.6 Å². The van der Waals surface area contributed by atoms with Gasteiger partial charge in [-0.3, -0.25) is 14.6 Å². The Kier molecular flexibility index (Phi) is 8.36. The number of carboxylic acids is 1. The first-order valence-electron chi connectivity index (χ1n) is 11.7. The van der Waals surface area contributed by atoms with E-state index in [2.05, 4.69) is 9.88 Å². The second-order valence-electron chi connectivity index (χ2n) is 8.80. The van der Waals surface area contributed by atoms with Crippen LogP contribution in [0.5, 0.6) is 5.75 Å². The van der Waals surface area contributed by atoms with Crippen LogP contribution in [-0.4, -0.2) is 59.2 Å². The molecule has 0 radical (unpaired) electrons. The second kappa shape index (κ2) is 11.6. The molecular weight excluding hydrogens is 467 g/mol. The van der Waals surface area contributed by atoms with E-state index in [0.29, 0.717) is 30.7 Å². The summed E-state index contributed by atoms with van der Waals surface area (Å²) in [5.41, 5.74) is 1.32. The molecule has 2 heterocycles. The Morgan fingerprint density at radius 3 is 2.86 bits per heavy atom. The lowest BCUT2D eigenvalue weighted by Crippen LogP contribution is -2.44. The molecule has 0 amide bonds. The first-order valence-corrected chi connectivity index (χ1v) is 12.7. The standard InChI is InChI=1S/C27H29FN2O4S/c1-34-20-6-7-25-23(16-20)22(9-11-29-25)26(31)8-5-18-10-12-30(17-24(18)27(32)33)13-14-35-21-4-2-3-19(28)15-21/h2-4,6-7,9,11,15-16,18,24H,5,8,10,12-14,17H2,1H3,(H,32,33)/t18-,24+/m1/s1. The normalized spacial score (nSPS) is 18.5. The fourth-order valence-electron chi connectivity index (χ4n) is 4.69. The summed E-state index contributed by atoms with van der Waals surface area (Å²) in [6.45, 7) is 2.00. The van der Waals surface area contributed by atoms with Crippen molar-refractivity contribution in [2.45, 2.75) is 24.2 Å². The number of rotatable bonds is 10. The molecule has 0 unspecified atom stereocenters. The smallest absolute Gasteiger partial charge is 0.308 e. The van der Waals surface area contributed by atoms with E-state index < -0.39 is 11.9 Å². The van der Waals surface area contributed by atoms with E-state index in [9.17, 15) is 19.1 Å². The summed E-state index contributed by atoms with van der Waals surface area (Å²) in [6, 6.07) is 13.7. The number of Topliss-reactive ketones (excluding diaryl/α,β-unsaturated/α-hetero) is 1. The first kappa shape index (κ1) is 25.1. The van der Waals surface area contributed by atoms with E-state index >= 15 is 0 Å². The van der Waals surface area contributed by atoms with Gasteiger partial charge in [0.05, 0.1) is 18.5 Å². The lowest BCUT2D eigenvalue weighted by molar-refractivity contribution is -0.146. The van der Waals surface area contributed by atoms with Crippen LogP contribution in [0.1, 0.15) is 29.6 Å². The molecule has 3 aromatic rings. The number of aliphatic carboxylic acids is 1. The van der Waals surface area contributed by atoms with Crippen molar-refractivity contribution in [3.63, 3.8) is 0 Å². The number of carbonyl (C=O) groups is 2. The molecule has 0 aliphatic carbocycles. The van der Waals surface area contributed by atoms with Gasteiger partial charge in [-0.05, 0) is 67.8 Å². The summed E-state index contributed by atoms with van der Waals surface area (Å²) in [7, 11) is 1.58. The SMILES string of the molecule is COc1ccc2nccc(C(=O)CC[C@@H]3CCN(CCSc4cccc(F)c4)C[C@@H]3C(=O)O)c2c1. The number of carbonyl (C=O) groups excluding carboxylic acids is 1. The number of aromatic nitrogens is 1. The second-order valence-corrected chi connectivity index (χ2v) is 9.97. The van der Waals surface area contributed by atoms with Gasteiger partial charge >= 0.3 is 5.97 Å². The highest BCUT2D eigenvalue weighted by Gasteiger charge is 2.34. The van der Waals surface area contributed by atoms with Crippen molar-refractivity contribution in [1.29, 1.82) is 0 Å². The molecule has 4 rings (SSSR count). The molecule has 0 bridgehead atoms. The third kappa shape index (κ3) is 6.38. The number of methoxy groups -OCH3 is 1. The Bertz CT molecular complexity index is 1200. The van der Waals surface area contributed by atoms with E-state index in [-0.39, 0.29) is 17.5 Å². The van der Waals surface area contributed by atoms with Crippen molar-refractivity contribution in [2.75, 3.05) is 32.5 Å². The number of fused-ring (bicyclic) bond motifs is 1. The fourth-order valence-corrected chi connectivity index (χ4v) is 5.65. The number of piperidine rings is 1. The van der Waals surface area contributed by atoms with Crippen LogP contribution in [0.25, 0.3) is 10.9 Å². The molecule has 1 aliphatic rings. The molecule has 8 heteroatoms. The molecule has 2 aromatic carbocycles. The van der Waals surface area contributed by atoms with Gasteiger partial charge < -0.3 is 14.7 Å². The minimum atomic E-state index is -0.816. The minimum Gasteiger partial charge on any atom is -0.497 e. The van der Waals surface area contributed by atoms with Crippen molar-refractivity contribution >= 4 is 34.4 Å². The summed E-state index contributed by atoms with van der Waals surface area (Å²) in [4.78, 5) is 32.5. The van der Waals surface area contributed by atoms with Crippen LogP contribution < -0.4 is 4.74 Å². The summed E-state index contributed by atoms with van der Waals surface area (Å²) >= 11 is 1.57. The number of hydrogen-bond acceptors (Lipinski definition) is 6. The summed E-state index contributed by atoms with van der Waals surface area (Å²) in [5, 5.41) is 10.6. The van der Waals surface area contributed by atoms with Crippen LogP contribution >= 0.6 is 11.8 Å². The van der Waals surface area contributed by atoms with Gasteiger partial charge in [-0.1, -0.05) is 6.07 Å². The maximum Gasteiger partial charge on any atom is 0.308 e. The van der Waals surface area contributed by atoms with Gasteiger partial charge in [-0.2, -0.15) is 0 Å². The number of hydrogen-bond donors (Lipinski definition) is 1. The third-order valence-electron chi connectivity index (χ3n) is 6.62. The highest BCUT2D eigenvalue weighted by atomic mass is 32.2. The summed E-state index contributed by atoms with van der Waals surface area (Å²) in [5.74, 6) is -0.218. The van der Waals surface area contributed by atoms with E-state index in [1.165, 1.54) is 12.1 Å². The van der Waals surface area contributed by atoms with Crippen LogP contribution in [0.15, 0.2) is 59.6 Å². The average Bonchev–Trinajstić information content (AvgIpc) is 2.87. The number of halogens is 1. The highest BCUT2D eigenvalue weighted by Crippen LogP contribution is 2.30. The molecule has 1 N–H and O–H groups in total. The molecule has 184 valence electrons. The van der Waals surface area contributed by atoms with Crippen molar-refractivity contribution < 1.29 is 23.8 Å².